The Kier molecular flexibility index (Phi) is 3.21. The molecular weight excluding hydrogens is 210 g/mol. The van der Waals surface area contributed by atoms with Crippen LogP contribution in [0.15, 0.2) is 12.3 Å². The Bertz CT molecular complexity index is 358. The second-order valence-corrected chi connectivity index (χ2v) is 3.07. The van der Waals surface area contributed by atoms with E-state index >= 15 is 0 Å². The van der Waals surface area contributed by atoms with Crippen LogP contribution in [0.4, 0.5) is 5.82 Å². The molecular formula is C7H8ClN3O3. The number of halogens is 1. The molecule has 0 saturated carbocycles. The fourth-order valence-electron chi connectivity index (χ4n) is 0.892. The van der Waals surface area contributed by atoms with Crippen molar-refractivity contribution in [3.8, 4) is 0 Å². The first kappa shape index (κ1) is 10.7. The summed E-state index contributed by atoms with van der Waals surface area (Å²) in [6.45, 7) is -0.581. The maximum absolute atomic E-state index is 10.1. The van der Waals surface area contributed by atoms with Crippen LogP contribution in [0.5, 0.6) is 0 Å². The van der Waals surface area contributed by atoms with Gasteiger partial charge in [-0.1, -0.05) is 11.6 Å². The van der Waals surface area contributed by atoms with Gasteiger partial charge in [-0.05, 0) is 6.07 Å². The van der Waals surface area contributed by atoms with E-state index in [-0.39, 0.29) is 16.4 Å². The lowest BCUT2D eigenvalue weighted by Gasteiger charge is -2.06. The van der Waals surface area contributed by atoms with E-state index < -0.39 is 17.6 Å². The number of nitrogen functional groups attached to an aromatic ring is 1. The van der Waals surface area contributed by atoms with E-state index in [1.54, 1.807) is 0 Å². The molecule has 0 aliphatic heterocycles. The first-order valence-electron chi connectivity index (χ1n) is 3.71. The number of aliphatic hydroxyl groups excluding tert-OH is 1. The molecule has 1 unspecified atom stereocenters. The number of pyridine rings is 1. The Balaban J connectivity index is 2.85. The molecule has 1 aromatic heterocycles. The molecule has 0 aliphatic rings. The highest BCUT2D eigenvalue weighted by molar-refractivity contribution is 6.32. The third-order valence-electron chi connectivity index (χ3n) is 1.60. The highest BCUT2D eigenvalue weighted by Crippen LogP contribution is 2.21. The van der Waals surface area contributed by atoms with Gasteiger partial charge in [0.1, 0.15) is 11.9 Å². The molecule has 6 nitrogen and oxygen atoms in total. The Labute approximate surface area is 84.5 Å². The number of aliphatic hydroxyl groups is 1. The summed E-state index contributed by atoms with van der Waals surface area (Å²) in [6.07, 6.45) is 0.0469. The molecule has 1 atom stereocenters. The summed E-state index contributed by atoms with van der Waals surface area (Å²) in [5, 5.41) is 19.6. The van der Waals surface area contributed by atoms with Crippen molar-refractivity contribution < 1.29 is 10.0 Å². The lowest BCUT2D eigenvalue weighted by molar-refractivity contribution is -0.491. The van der Waals surface area contributed by atoms with Crippen molar-refractivity contribution in [1.82, 2.24) is 4.98 Å². The highest BCUT2D eigenvalue weighted by Gasteiger charge is 2.15. The van der Waals surface area contributed by atoms with Gasteiger partial charge in [-0.3, -0.25) is 10.1 Å². The fraction of sp³-hybridized carbons (Fsp3) is 0.286. The third-order valence-corrected chi connectivity index (χ3v) is 1.90. The van der Waals surface area contributed by atoms with Crippen LogP contribution in [-0.4, -0.2) is 21.6 Å². The molecule has 0 aliphatic carbocycles. The van der Waals surface area contributed by atoms with Crippen molar-refractivity contribution in [1.29, 1.82) is 0 Å². The lowest BCUT2D eigenvalue weighted by atomic mass is 10.1. The summed E-state index contributed by atoms with van der Waals surface area (Å²) in [6, 6.07) is 1.36. The van der Waals surface area contributed by atoms with Gasteiger partial charge >= 0.3 is 0 Å². The van der Waals surface area contributed by atoms with Crippen LogP contribution < -0.4 is 5.73 Å². The molecule has 1 rings (SSSR count). The average molecular weight is 218 g/mol. The number of hydrogen-bond acceptors (Lipinski definition) is 5. The molecule has 0 bridgehead atoms. The van der Waals surface area contributed by atoms with Crippen molar-refractivity contribution >= 4 is 17.4 Å². The number of aromatic nitrogens is 1. The summed E-state index contributed by atoms with van der Waals surface area (Å²) in [5.41, 5.74) is 5.61. The highest BCUT2D eigenvalue weighted by atomic mass is 35.5. The van der Waals surface area contributed by atoms with E-state index in [4.69, 9.17) is 17.3 Å². The Morgan fingerprint density at radius 1 is 1.79 bits per heavy atom. The SMILES string of the molecule is Nc1ncc(C(O)C[N+](=O)[O-])cc1Cl. The van der Waals surface area contributed by atoms with Gasteiger partial charge in [0.25, 0.3) is 0 Å². The van der Waals surface area contributed by atoms with E-state index in [9.17, 15) is 15.2 Å². The smallest absolute Gasteiger partial charge is 0.233 e. The number of rotatable bonds is 3. The standard InChI is InChI=1S/C7H8ClN3O3/c8-5-1-4(2-10-7(5)9)6(12)3-11(13)14/h1-2,6,12H,3H2,(H2,9,10). The molecule has 0 radical (unpaired) electrons. The average Bonchev–Trinajstić information content (AvgIpc) is 2.08. The predicted molar refractivity (Wildman–Crippen MR) is 50.5 cm³/mol. The number of anilines is 1. The number of nitrogens with two attached hydrogens (primary N) is 1. The predicted octanol–water partition coefficient (Wildman–Crippen LogP) is 0.627. The van der Waals surface area contributed by atoms with E-state index in [0.717, 1.165) is 0 Å². The first-order chi connectivity index (χ1) is 6.50. The van der Waals surface area contributed by atoms with Crippen LogP contribution in [0.3, 0.4) is 0 Å². The molecule has 0 aromatic carbocycles. The van der Waals surface area contributed by atoms with Crippen molar-refractivity contribution in [3.63, 3.8) is 0 Å². The normalized spacial score (nSPS) is 12.4. The van der Waals surface area contributed by atoms with Crippen LogP contribution in [0, 0.1) is 10.1 Å². The van der Waals surface area contributed by atoms with Gasteiger partial charge in [-0.25, -0.2) is 4.98 Å². The minimum absolute atomic E-state index is 0.128. The van der Waals surface area contributed by atoms with Crippen LogP contribution in [0.2, 0.25) is 5.02 Å². The molecule has 7 heteroatoms. The van der Waals surface area contributed by atoms with Crippen LogP contribution in [-0.2, 0) is 0 Å². The zero-order valence-electron chi connectivity index (χ0n) is 7.05. The maximum atomic E-state index is 10.1. The Morgan fingerprint density at radius 3 is 2.93 bits per heavy atom. The molecule has 0 amide bonds. The first-order valence-corrected chi connectivity index (χ1v) is 4.09. The van der Waals surface area contributed by atoms with E-state index in [2.05, 4.69) is 4.98 Å². The second kappa shape index (κ2) is 4.21. The monoisotopic (exact) mass is 217 g/mol. The van der Waals surface area contributed by atoms with Gasteiger partial charge in [0.2, 0.25) is 6.54 Å². The maximum Gasteiger partial charge on any atom is 0.233 e. The third kappa shape index (κ3) is 2.54. The van der Waals surface area contributed by atoms with Crippen LogP contribution >= 0.6 is 11.6 Å². The van der Waals surface area contributed by atoms with Gasteiger partial charge < -0.3 is 10.8 Å². The molecule has 76 valence electrons. The molecule has 3 N–H and O–H groups in total. The van der Waals surface area contributed by atoms with Crippen molar-refractivity contribution in [3.05, 3.63) is 33.0 Å². The second-order valence-electron chi connectivity index (χ2n) is 2.67. The zero-order valence-corrected chi connectivity index (χ0v) is 7.81. The zero-order chi connectivity index (χ0) is 10.7. The van der Waals surface area contributed by atoms with E-state index in [0.29, 0.717) is 0 Å². The van der Waals surface area contributed by atoms with Gasteiger partial charge in [0, 0.05) is 16.7 Å². The lowest BCUT2D eigenvalue weighted by Crippen LogP contribution is -2.12. The van der Waals surface area contributed by atoms with Gasteiger partial charge in [0.05, 0.1) is 5.02 Å². The van der Waals surface area contributed by atoms with E-state index in [1.807, 2.05) is 0 Å². The molecule has 0 saturated heterocycles. The van der Waals surface area contributed by atoms with Gasteiger partial charge in [-0.15, -0.1) is 0 Å². The van der Waals surface area contributed by atoms with Gasteiger partial charge in [0.15, 0.2) is 0 Å². The number of hydrogen-bond donors (Lipinski definition) is 2. The van der Waals surface area contributed by atoms with E-state index in [1.165, 1.54) is 12.3 Å². The van der Waals surface area contributed by atoms with Crippen molar-refractivity contribution in [2.45, 2.75) is 6.10 Å². The largest absolute Gasteiger partial charge is 0.382 e. The van der Waals surface area contributed by atoms with Crippen LogP contribution in [0.25, 0.3) is 0 Å². The van der Waals surface area contributed by atoms with Crippen LogP contribution in [0.1, 0.15) is 11.7 Å². The summed E-state index contributed by atoms with van der Waals surface area (Å²) in [4.78, 5) is 13.2. The minimum atomic E-state index is -1.21. The molecule has 0 spiro atoms. The summed E-state index contributed by atoms with van der Waals surface area (Å²) in [7, 11) is 0. The topological polar surface area (TPSA) is 102 Å². The summed E-state index contributed by atoms with van der Waals surface area (Å²) < 4.78 is 0. The van der Waals surface area contributed by atoms with Crippen molar-refractivity contribution in [2.75, 3.05) is 12.3 Å². The fourth-order valence-corrected chi connectivity index (χ4v) is 1.07. The number of nitrogens with zero attached hydrogens (tertiary/aromatic N) is 2. The Hall–Kier alpha value is -1.40. The Morgan fingerprint density at radius 2 is 2.43 bits per heavy atom. The van der Waals surface area contributed by atoms with Gasteiger partial charge in [-0.2, -0.15) is 0 Å². The molecule has 14 heavy (non-hydrogen) atoms. The summed E-state index contributed by atoms with van der Waals surface area (Å²) >= 11 is 5.63. The summed E-state index contributed by atoms with van der Waals surface area (Å²) in [5.74, 6) is 0.128. The molecule has 0 fully saturated rings. The number of nitro groups is 1. The van der Waals surface area contributed by atoms with Crippen molar-refractivity contribution in [2.24, 2.45) is 0 Å². The minimum Gasteiger partial charge on any atom is -0.382 e. The molecule has 1 aromatic rings. The molecule has 1 heterocycles. The quantitative estimate of drug-likeness (QED) is 0.571.